The monoisotopic (exact) mass is 438 g/mol. The third kappa shape index (κ3) is 3.74. The van der Waals surface area contributed by atoms with Gasteiger partial charge >= 0.3 is 0 Å². The normalized spacial score (nSPS) is 14.7. The molecule has 2 N–H and O–H groups in total. The first-order valence-corrected chi connectivity index (χ1v) is 11.0. The topological polar surface area (TPSA) is 97.5 Å². The summed E-state index contributed by atoms with van der Waals surface area (Å²) in [7, 11) is 0. The fraction of sp³-hybridized carbons (Fsp3) is 0.200. The molecule has 8 heteroatoms. The Kier molecular flexibility index (Phi) is 4.84. The van der Waals surface area contributed by atoms with Gasteiger partial charge in [-0.15, -0.1) is 0 Å². The Morgan fingerprint density at radius 3 is 2.70 bits per heavy atom. The molecule has 4 aromatic heterocycles. The zero-order valence-corrected chi connectivity index (χ0v) is 17.8. The van der Waals surface area contributed by atoms with Gasteiger partial charge in [0.2, 0.25) is 5.88 Å². The molecule has 0 unspecified atom stereocenters. The highest BCUT2D eigenvalue weighted by atomic mass is 16.5. The van der Waals surface area contributed by atoms with Crippen molar-refractivity contribution in [3.8, 4) is 34.0 Å². The van der Waals surface area contributed by atoms with E-state index in [2.05, 4.69) is 25.4 Å². The number of rotatable bonds is 4. The molecule has 33 heavy (non-hydrogen) atoms. The van der Waals surface area contributed by atoms with Crippen LogP contribution < -0.4 is 10.1 Å². The summed E-state index contributed by atoms with van der Waals surface area (Å²) in [5.74, 6) is 0.790. The van der Waals surface area contributed by atoms with Crippen molar-refractivity contribution in [2.75, 3.05) is 13.1 Å². The van der Waals surface area contributed by atoms with Crippen LogP contribution in [-0.4, -0.2) is 48.9 Å². The average Bonchev–Trinajstić information content (AvgIpc) is 3.28. The summed E-state index contributed by atoms with van der Waals surface area (Å²) in [5, 5.41) is 18.5. The molecule has 1 fully saturated rings. The summed E-state index contributed by atoms with van der Waals surface area (Å²) >= 11 is 0. The SMILES string of the molecule is Oc1ccc2c(-c3cnn4cc(-c5ccc(OC6CCNCC6)cn5)cnc34)cccc2n1. The minimum Gasteiger partial charge on any atom is -0.493 e. The Bertz CT molecular complexity index is 1440. The van der Waals surface area contributed by atoms with Crippen molar-refractivity contribution in [3.63, 3.8) is 0 Å². The van der Waals surface area contributed by atoms with Crippen LogP contribution in [0.5, 0.6) is 11.6 Å². The molecule has 0 aliphatic carbocycles. The van der Waals surface area contributed by atoms with E-state index in [0.717, 1.165) is 70.6 Å². The molecule has 1 saturated heterocycles. The third-order valence-corrected chi connectivity index (χ3v) is 5.98. The lowest BCUT2D eigenvalue weighted by Gasteiger charge is -2.23. The van der Waals surface area contributed by atoms with Gasteiger partial charge in [0.15, 0.2) is 5.65 Å². The predicted molar refractivity (Wildman–Crippen MR) is 125 cm³/mol. The van der Waals surface area contributed by atoms with Crippen LogP contribution in [0.2, 0.25) is 0 Å². The number of nitrogens with one attached hydrogen (secondary N) is 1. The number of fused-ring (bicyclic) bond motifs is 2. The fourth-order valence-electron chi connectivity index (χ4n) is 4.30. The third-order valence-electron chi connectivity index (χ3n) is 5.98. The van der Waals surface area contributed by atoms with Crippen LogP contribution in [0, 0.1) is 0 Å². The maximum absolute atomic E-state index is 9.71. The summed E-state index contributed by atoms with van der Waals surface area (Å²) in [4.78, 5) is 13.5. The lowest BCUT2D eigenvalue weighted by molar-refractivity contribution is 0.162. The van der Waals surface area contributed by atoms with E-state index in [1.54, 1.807) is 23.0 Å². The standard InChI is InChI=1S/C25H22N6O2/c32-24-7-5-20-19(2-1-3-23(20)30-24)21-14-29-31-15-16(12-28-25(21)31)22-6-4-18(13-27-22)33-17-8-10-26-11-9-17/h1-7,12-15,17,26H,8-11H2,(H,30,32). The van der Waals surface area contributed by atoms with E-state index in [1.165, 1.54) is 0 Å². The maximum Gasteiger partial charge on any atom is 0.211 e. The molecule has 8 nitrogen and oxygen atoms in total. The molecule has 1 aliphatic heterocycles. The van der Waals surface area contributed by atoms with E-state index in [0.29, 0.717) is 0 Å². The van der Waals surface area contributed by atoms with Gasteiger partial charge in [0, 0.05) is 35.0 Å². The number of aromatic nitrogens is 5. The fourth-order valence-corrected chi connectivity index (χ4v) is 4.30. The molecule has 0 radical (unpaired) electrons. The van der Waals surface area contributed by atoms with E-state index >= 15 is 0 Å². The molecule has 164 valence electrons. The first kappa shape index (κ1) is 19.6. The highest BCUT2D eigenvalue weighted by molar-refractivity contribution is 5.98. The molecule has 0 atom stereocenters. The predicted octanol–water partition coefficient (Wildman–Crippen LogP) is 3.84. The average molecular weight is 438 g/mol. The Balaban J connectivity index is 1.30. The van der Waals surface area contributed by atoms with Crippen molar-refractivity contribution in [1.29, 1.82) is 0 Å². The van der Waals surface area contributed by atoms with Crippen molar-refractivity contribution >= 4 is 16.6 Å². The Morgan fingerprint density at radius 1 is 0.939 bits per heavy atom. The summed E-state index contributed by atoms with van der Waals surface area (Å²) in [5.41, 5.74) is 5.01. The van der Waals surface area contributed by atoms with Gasteiger partial charge in [-0.25, -0.2) is 14.5 Å². The Labute approximate surface area is 189 Å². The molecule has 1 aliphatic rings. The van der Waals surface area contributed by atoms with Gasteiger partial charge in [0.05, 0.1) is 23.6 Å². The smallest absolute Gasteiger partial charge is 0.211 e. The second-order valence-corrected chi connectivity index (χ2v) is 8.16. The van der Waals surface area contributed by atoms with Crippen LogP contribution in [0.15, 0.2) is 67.3 Å². The van der Waals surface area contributed by atoms with Gasteiger partial charge in [-0.1, -0.05) is 12.1 Å². The summed E-state index contributed by atoms with van der Waals surface area (Å²) in [6.07, 6.45) is 9.58. The van der Waals surface area contributed by atoms with Crippen molar-refractivity contribution < 1.29 is 9.84 Å². The zero-order valence-electron chi connectivity index (χ0n) is 17.8. The second-order valence-electron chi connectivity index (χ2n) is 8.16. The molecule has 0 bridgehead atoms. The number of hydrogen-bond donors (Lipinski definition) is 2. The van der Waals surface area contributed by atoms with Crippen molar-refractivity contribution in [3.05, 3.63) is 67.3 Å². The number of aromatic hydroxyl groups is 1. The molecule has 5 heterocycles. The van der Waals surface area contributed by atoms with Gasteiger partial charge in [-0.3, -0.25) is 4.98 Å². The number of benzene rings is 1. The largest absolute Gasteiger partial charge is 0.493 e. The lowest BCUT2D eigenvalue weighted by atomic mass is 10.0. The van der Waals surface area contributed by atoms with Crippen LogP contribution in [0.1, 0.15) is 12.8 Å². The number of pyridine rings is 2. The van der Waals surface area contributed by atoms with E-state index < -0.39 is 0 Å². The van der Waals surface area contributed by atoms with Crippen LogP contribution in [-0.2, 0) is 0 Å². The van der Waals surface area contributed by atoms with Gasteiger partial charge in [0.1, 0.15) is 11.9 Å². The first-order chi connectivity index (χ1) is 16.2. The Hall–Kier alpha value is -4.04. The maximum atomic E-state index is 9.71. The molecule has 0 spiro atoms. The van der Waals surface area contributed by atoms with Crippen LogP contribution in [0.25, 0.3) is 38.9 Å². The van der Waals surface area contributed by atoms with Crippen molar-refractivity contribution in [2.24, 2.45) is 0 Å². The molecule has 0 saturated carbocycles. The van der Waals surface area contributed by atoms with Crippen LogP contribution >= 0.6 is 0 Å². The van der Waals surface area contributed by atoms with Gasteiger partial charge in [-0.2, -0.15) is 5.10 Å². The van der Waals surface area contributed by atoms with E-state index in [1.807, 2.05) is 48.8 Å². The summed E-state index contributed by atoms with van der Waals surface area (Å²) < 4.78 is 7.82. The molecule has 0 amide bonds. The number of ether oxygens (including phenoxy) is 1. The van der Waals surface area contributed by atoms with Gasteiger partial charge < -0.3 is 15.2 Å². The van der Waals surface area contributed by atoms with Crippen LogP contribution in [0.4, 0.5) is 0 Å². The lowest BCUT2D eigenvalue weighted by Crippen LogP contribution is -2.34. The highest BCUT2D eigenvalue weighted by Gasteiger charge is 2.15. The Morgan fingerprint density at radius 2 is 1.85 bits per heavy atom. The van der Waals surface area contributed by atoms with E-state index in [-0.39, 0.29) is 12.0 Å². The van der Waals surface area contributed by atoms with Gasteiger partial charge in [-0.05, 0) is 55.8 Å². The number of piperidine rings is 1. The summed E-state index contributed by atoms with van der Waals surface area (Å²) in [6.45, 7) is 1.98. The molecule has 5 aromatic rings. The van der Waals surface area contributed by atoms with Crippen molar-refractivity contribution in [1.82, 2.24) is 29.9 Å². The quantitative estimate of drug-likeness (QED) is 0.440. The van der Waals surface area contributed by atoms with Gasteiger partial charge in [0.25, 0.3) is 0 Å². The number of nitrogens with zero attached hydrogens (tertiary/aromatic N) is 5. The minimum absolute atomic E-state index is 0.00180. The molecular formula is C25H22N6O2. The molecular weight excluding hydrogens is 416 g/mol. The minimum atomic E-state index is 0.00180. The van der Waals surface area contributed by atoms with E-state index in [9.17, 15) is 5.11 Å². The number of hydrogen-bond acceptors (Lipinski definition) is 7. The van der Waals surface area contributed by atoms with E-state index in [4.69, 9.17) is 4.74 Å². The molecule has 1 aromatic carbocycles. The first-order valence-electron chi connectivity index (χ1n) is 11.0. The second kappa shape index (κ2) is 8.14. The van der Waals surface area contributed by atoms with Crippen molar-refractivity contribution in [2.45, 2.75) is 18.9 Å². The molecule has 6 rings (SSSR count). The summed E-state index contributed by atoms with van der Waals surface area (Å²) in [6, 6.07) is 13.2. The van der Waals surface area contributed by atoms with Crippen LogP contribution in [0.3, 0.4) is 0 Å². The zero-order chi connectivity index (χ0) is 22.2. The highest BCUT2D eigenvalue weighted by Crippen LogP contribution is 2.31.